The van der Waals surface area contributed by atoms with Crippen LogP contribution in [-0.2, 0) is 6.54 Å². The van der Waals surface area contributed by atoms with E-state index in [1.54, 1.807) is 6.33 Å². The number of aromatic nitrogens is 6. The van der Waals surface area contributed by atoms with E-state index < -0.39 is 6.61 Å². The van der Waals surface area contributed by atoms with Crippen LogP contribution in [0.1, 0.15) is 5.56 Å². The number of nitrogens with zero attached hydrogens (tertiary/aromatic N) is 5. The molecule has 0 atom stereocenters. The Kier molecular flexibility index (Phi) is 4.14. The number of benzene rings is 1. The average molecular weight is 357 g/mol. The summed E-state index contributed by atoms with van der Waals surface area (Å²) in [5.41, 5.74) is 2.22. The summed E-state index contributed by atoms with van der Waals surface area (Å²) in [5, 5.41) is 9.08. The normalized spacial score (nSPS) is 11.2. The Morgan fingerprint density at radius 1 is 1.19 bits per heavy atom. The van der Waals surface area contributed by atoms with Crippen molar-refractivity contribution in [2.75, 3.05) is 5.32 Å². The van der Waals surface area contributed by atoms with Crippen molar-refractivity contribution in [1.29, 1.82) is 0 Å². The minimum Gasteiger partial charge on any atom is -0.415 e. The van der Waals surface area contributed by atoms with Crippen molar-refractivity contribution in [2.24, 2.45) is 0 Å². The van der Waals surface area contributed by atoms with Gasteiger partial charge in [-0.3, -0.25) is 5.10 Å². The highest BCUT2D eigenvalue weighted by molar-refractivity contribution is 5.69. The lowest BCUT2D eigenvalue weighted by Gasteiger charge is -2.05. The lowest BCUT2D eigenvalue weighted by Crippen LogP contribution is -2.02. The van der Waals surface area contributed by atoms with Crippen molar-refractivity contribution in [1.82, 2.24) is 29.7 Å². The zero-order chi connectivity index (χ0) is 17.9. The first-order valence-electron chi connectivity index (χ1n) is 7.66. The predicted octanol–water partition coefficient (Wildman–Crippen LogP) is 2.94. The van der Waals surface area contributed by atoms with Gasteiger partial charge in [-0.15, -0.1) is 5.10 Å². The molecule has 3 heterocycles. The van der Waals surface area contributed by atoms with Crippen LogP contribution in [0, 0.1) is 0 Å². The summed E-state index contributed by atoms with van der Waals surface area (Å²) in [6.07, 6.45) is 3.17. The summed E-state index contributed by atoms with van der Waals surface area (Å²) in [6.45, 7) is -2.33. The molecule has 1 aromatic carbocycles. The third-order valence-electron chi connectivity index (χ3n) is 3.55. The molecule has 10 heteroatoms. The minimum atomic E-state index is -2.94. The predicted molar refractivity (Wildman–Crippen MR) is 89.4 cm³/mol. The Bertz CT molecular complexity index is 1020. The van der Waals surface area contributed by atoms with Gasteiger partial charge in [-0.2, -0.15) is 8.78 Å². The van der Waals surface area contributed by atoms with Crippen molar-refractivity contribution >= 4 is 22.9 Å². The molecule has 2 N–H and O–H groups in total. The standard InChI is InChI=1S/C16H13F2N7O/c17-16(18)26-13-6-11(23-24-13)21-12-7-19-14-15(22-12)25(9-20-14)8-10-4-2-1-3-5-10/h1-7,9,16H,8H2,(H2,21,22,23,24). The van der Waals surface area contributed by atoms with E-state index in [0.29, 0.717) is 29.5 Å². The molecule has 0 aliphatic carbocycles. The topological polar surface area (TPSA) is 93.5 Å². The van der Waals surface area contributed by atoms with E-state index in [1.807, 2.05) is 34.9 Å². The smallest absolute Gasteiger partial charge is 0.388 e. The molecule has 0 aliphatic heterocycles. The zero-order valence-electron chi connectivity index (χ0n) is 13.3. The lowest BCUT2D eigenvalue weighted by molar-refractivity contribution is -0.0528. The maximum Gasteiger partial charge on any atom is 0.388 e. The molecule has 0 fully saturated rings. The molecule has 0 bridgehead atoms. The SMILES string of the molecule is FC(F)Oc1cc(Nc2cnc3ncn(Cc4ccccc4)c3n2)[nH]n1. The molecule has 3 aromatic heterocycles. The first-order chi connectivity index (χ1) is 12.7. The van der Waals surface area contributed by atoms with Gasteiger partial charge in [0, 0.05) is 6.07 Å². The quantitative estimate of drug-likeness (QED) is 0.551. The molecule has 0 saturated carbocycles. The number of anilines is 2. The maximum atomic E-state index is 12.2. The molecular formula is C16H13F2N7O. The van der Waals surface area contributed by atoms with Crippen LogP contribution in [0.2, 0.25) is 0 Å². The van der Waals surface area contributed by atoms with Crippen LogP contribution in [0.5, 0.6) is 5.88 Å². The highest BCUT2D eigenvalue weighted by Crippen LogP contribution is 2.19. The Hall–Kier alpha value is -3.56. The van der Waals surface area contributed by atoms with Crippen LogP contribution < -0.4 is 10.1 Å². The van der Waals surface area contributed by atoms with Gasteiger partial charge in [-0.25, -0.2) is 15.0 Å². The maximum absolute atomic E-state index is 12.2. The average Bonchev–Trinajstić information content (AvgIpc) is 3.22. The van der Waals surface area contributed by atoms with E-state index in [4.69, 9.17) is 0 Å². The molecule has 4 rings (SSSR count). The Labute approximate surface area is 145 Å². The van der Waals surface area contributed by atoms with Gasteiger partial charge in [0.1, 0.15) is 5.82 Å². The van der Waals surface area contributed by atoms with E-state index >= 15 is 0 Å². The number of H-pyrrole nitrogens is 1. The number of halogens is 2. The van der Waals surface area contributed by atoms with Gasteiger partial charge in [0.15, 0.2) is 17.1 Å². The van der Waals surface area contributed by atoms with Crippen LogP contribution in [-0.4, -0.2) is 36.3 Å². The molecule has 4 aromatic rings. The summed E-state index contributed by atoms with van der Waals surface area (Å²) in [6, 6.07) is 11.2. The third-order valence-corrected chi connectivity index (χ3v) is 3.55. The number of hydrogen-bond donors (Lipinski definition) is 2. The van der Waals surface area contributed by atoms with E-state index in [-0.39, 0.29) is 5.88 Å². The summed E-state index contributed by atoms with van der Waals surface area (Å²) < 4.78 is 30.5. The van der Waals surface area contributed by atoms with Gasteiger partial charge in [0.2, 0.25) is 5.88 Å². The van der Waals surface area contributed by atoms with Gasteiger partial charge in [-0.05, 0) is 5.56 Å². The van der Waals surface area contributed by atoms with Crippen molar-refractivity contribution in [3.63, 3.8) is 0 Å². The second-order valence-corrected chi connectivity index (χ2v) is 5.38. The largest absolute Gasteiger partial charge is 0.415 e. The second-order valence-electron chi connectivity index (χ2n) is 5.38. The van der Waals surface area contributed by atoms with E-state index in [0.717, 1.165) is 5.56 Å². The lowest BCUT2D eigenvalue weighted by atomic mass is 10.2. The molecule has 26 heavy (non-hydrogen) atoms. The number of rotatable bonds is 6. The number of fused-ring (bicyclic) bond motifs is 1. The highest BCUT2D eigenvalue weighted by atomic mass is 19.3. The fourth-order valence-corrected chi connectivity index (χ4v) is 2.45. The monoisotopic (exact) mass is 357 g/mol. The number of ether oxygens (including phenoxy) is 1. The molecular weight excluding hydrogens is 344 g/mol. The van der Waals surface area contributed by atoms with Gasteiger partial charge in [0.05, 0.1) is 19.1 Å². The van der Waals surface area contributed by atoms with Crippen molar-refractivity contribution < 1.29 is 13.5 Å². The first kappa shape index (κ1) is 15.9. The molecule has 0 saturated heterocycles. The number of imidazole rings is 1. The fourth-order valence-electron chi connectivity index (χ4n) is 2.45. The van der Waals surface area contributed by atoms with Crippen molar-refractivity contribution in [3.8, 4) is 5.88 Å². The third kappa shape index (κ3) is 3.43. The van der Waals surface area contributed by atoms with Crippen molar-refractivity contribution in [2.45, 2.75) is 13.2 Å². The van der Waals surface area contributed by atoms with Crippen molar-refractivity contribution in [3.05, 3.63) is 54.5 Å². The van der Waals surface area contributed by atoms with Crippen LogP contribution in [0.3, 0.4) is 0 Å². The minimum absolute atomic E-state index is 0.217. The number of alkyl halides is 2. The summed E-state index contributed by atoms with van der Waals surface area (Å²) in [4.78, 5) is 13.0. The van der Waals surface area contributed by atoms with Crippen LogP contribution in [0.4, 0.5) is 20.4 Å². The van der Waals surface area contributed by atoms with Gasteiger partial charge < -0.3 is 14.6 Å². The summed E-state index contributed by atoms with van der Waals surface area (Å²) >= 11 is 0. The second kappa shape index (κ2) is 6.75. The van der Waals surface area contributed by atoms with Crippen LogP contribution in [0.25, 0.3) is 11.3 Å². The van der Waals surface area contributed by atoms with E-state index in [2.05, 4.69) is 35.2 Å². The molecule has 0 amide bonds. The van der Waals surface area contributed by atoms with Gasteiger partial charge in [0.25, 0.3) is 0 Å². The number of hydrogen-bond acceptors (Lipinski definition) is 6. The fraction of sp³-hybridized carbons (Fsp3) is 0.125. The number of aromatic amines is 1. The molecule has 0 unspecified atom stereocenters. The molecule has 0 aliphatic rings. The molecule has 0 spiro atoms. The molecule has 0 radical (unpaired) electrons. The summed E-state index contributed by atoms with van der Waals surface area (Å²) in [7, 11) is 0. The van der Waals surface area contributed by atoms with Gasteiger partial charge in [-0.1, -0.05) is 30.3 Å². The molecule has 132 valence electrons. The Morgan fingerprint density at radius 3 is 2.85 bits per heavy atom. The van der Waals surface area contributed by atoms with E-state index in [1.165, 1.54) is 12.3 Å². The van der Waals surface area contributed by atoms with Crippen LogP contribution >= 0.6 is 0 Å². The molecule has 8 nitrogen and oxygen atoms in total. The Morgan fingerprint density at radius 2 is 2.04 bits per heavy atom. The zero-order valence-corrected chi connectivity index (χ0v) is 13.3. The Balaban J connectivity index is 1.57. The highest BCUT2D eigenvalue weighted by Gasteiger charge is 2.11. The van der Waals surface area contributed by atoms with Crippen LogP contribution in [0.15, 0.2) is 48.9 Å². The van der Waals surface area contributed by atoms with E-state index in [9.17, 15) is 8.78 Å². The van der Waals surface area contributed by atoms with Gasteiger partial charge >= 0.3 is 6.61 Å². The summed E-state index contributed by atoms with van der Waals surface area (Å²) in [5.74, 6) is 0.550. The first-order valence-corrected chi connectivity index (χ1v) is 7.66. The number of nitrogens with one attached hydrogen (secondary N) is 2.